The Balaban J connectivity index is 2.02. The van der Waals surface area contributed by atoms with Crippen LogP contribution in [0, 0.1) is 0 Å². The summed E-state index contributed by atoms with van der Waals surface area (Å²) in [7, 11) is 0. The molecule has 5 nitrogen and oxygen atoms in total. The van der Waals surface area contributed by atoms with Crippen molar-refractivity contribution in [1.82, 2.24) is 9.66 Å². The van der Waals surface area contributed by atoms with E-state index in [-0.39, 0.29) is 17.6 Å². The second kappa shape index (κ2) is 9.09. The molecular formula is C22H23BrClN3O2. The summed E-state index contributed by atoms with van der Waals surface area (Å²) in [5, 5.41) is 5.44. The monoisotopic (exact) mass is 475 g/mol. The fourth-order valence-corrected chi connectivity index (χ4v) is 3.36. The first kappa shape index (κ1) is 21.5. The number of fused-ring (bicyclic) bond motifs is 1. The summed E-state index contributed by atoms with van der Waals surface area (Å²) in [5.41, 5.74) is 1.21. The van der Waals surface area contributed by atoms with E-state index in [9.17, 15) is 4.79 Å². The molecular weight excluding hydrogens is 454 g/mol. The maximum atomic E-state index is 13.0. The average molecular weight is 477 g/mol. The lowest BCUT2D eigenvalue weighted by atomic mass is 10.2. The van der Waals surface area contributed by atoms with Gasteiger partial charge in [0.25, 0.3) is 5.56 Å². The second-order valence-corrected chi connectivity index (χ2v) is 8.50. The highest BCUT2D eigenvalue weighted by Gasteiger charge is 2.14. The van der Waals surface area contributed by atoms with Gasteiger partial charge in [0.2, 0.25) is 0 Å². The van der Waals surface area contributed by atoms with Crippen molar-refractivity contribution in [3.8, 4) is 5.75 Å². The number of hydrogen-bond acceptors (Lipinski definition) is 4. The third-order valence-electron chi connectivity index (χ3n) is 4.53. The van der Waals surface area contributed by atoms with Crippen LogP contribution in [-0.4, -0.2) is 22.0 Å². The summed E-state index contributed by atoms with van der Waals surface area (Å²) >= 11 is 9.76. The standard InChI is InChI=1S/C22H23BrClN3O2/c1-5-14(4)29-20-9-6-15(10-18(20)24)12-25-27-21(13(2)3)26-19-8-7-16(23)11-17(19)22(27)28/h6-14H,5H2,1-4H3/t14-/m1/s1. The van der Waals surface area contributed by atoms with Crippen LogP contribution in [0.3, 0.4) is 0 Å². The van der Waals surface area contributed by atoms with Gasteiger partial charge in [-0.1, -0.05) is 48.3 Å². The fraction of sp³-hybridized carbons (Fsp3) is 0.318. The molecule has 0 N–H and O–H groups in total. The Kier molecular flexibility index (Phi) is 6.75. The van der Waals surface area contributed by atoms with Crippen LogP contribution in [0.15, 0.2) is 50.8 Å². The molecule has 0 radical (unpaired) electrons. The molecule has 0 saturated carbocycles. The van der Waals surface area contributed by atoms with Crippen LogP contribution in [0.25, 0.3) is 10.9 Å². The van der Waals surface area contributed by atoms with Crippen molar-refractivity contribution in [2.45, 2.75) is 46.1 Å². The Morgan fingerprint density at radius 3 is 2.66 bits per heavy atom. The number of benzene rings is 2. The van der Waals surface area contributed by atoms with Gasteiger partial charge in [0.1, 0.15) is 11.6 Å². The number of aromatic nitrogens is 2. The zero-order chi connectivity index (χ0) is 21.1. The first-order valence-electron chi connectivity index (χ1n) is 9.53. The molecule has 7 heteroatoms. The molecule has 0 unspecified atom stereocenters. The molecule has 3 aromatic rings. The first-order chi connectivity index (χ1) is 13.8. The Morgan fingerprint density at radius 1 is 1.24 bits per heavy atom. The lowest BCUT2D eigenvalue weighted by molar-refractivity contribution is 0.217. The van der Waals surface area contributed by atoms with Crippen LogP contribution < -0.4 is 10.3 Å². The maximum Gasteiger partial charge on any atom is 0.282 e. The van der Waals surface area contributed by atoms with E-state index in [1.54, 1.807) is 18.3 Å². The third kappa shape index (κ3) is 4.87. The predicted molar refractivity (Wildman–Crippen MR) is 123 cm³/mol. The van der Waals surface area contributed by atoms with Crippen molar-refractivity contribution in [2.75, 3.05) is 0 Å². The zero-order valence-corrected chi connectivity index (χ0v) is 19.2. The van der Waals surface area contributed by atoms with Gasteiger partial charge >= 0.3 is 0 Å². The van der Waals surface area contributed by atoms with Gasteiger partial charge < -0.3 is 4.74 Å². The summed E-state index contributed by atoms with van der Waals surface area (Å²) in [6.07, 6.45) is 2.59. The first-order valence-corrected chi connectivity index (χ1v) is 10.7. The molecule has 0 fully saturated rings. The highest BCUT2D eigenvalue weighted by atomic mass is 79.9. The van der Waals surface area contributed by atoms with Gasteiger partial charge in [0.15, 0.2) is 0 Å². The molecule has 0 aliphatic carbocycles. The number of halogens is 2. The van der Waals surface area contributed by atoms with Crippen LogP contribution in [0.1, 0.15) is 51.4 Å². The highest BCUT2D eigenvalue weighted by molar-refractivity contribution is 9.10. The van der Waals surface area contributed by atoms with Crippen LogP contribution in [0.2, 0.25) is 5.02 Å². The zero-order valence-electron chi connectivity index (χ0n) is 16.8. The second-order valence-electron chi connectivity index (χ2n) is 7.17. The number of ether oxygens (including phenoxy) is 1. The molecule has 0 bridgehead atoms. The minimum atomic E-state index is -0.209. The van der Waals surface area contributed by atoms with Crippen LogP contribution in [0.5, 0.6) is 5.75 Å². The Morgan fingerprint density at radius 2 is 2.00 bits per heavy atom. The molecule has 0 spiro atoms. The van der Waals surface area contributed by atoms with Crippen molar-refractivity contribution >= 4 is 44.6 Å². The molecule has 1 atom stereocenters. The molecule has 1 heterocycles. The Labute approximate surface area is 183 Å². The predicted octanol–water partition coefficient (Wildman–Crippen LogP) is 6.00. The van der Waals surface area contributed by atoms with Crippen LogP contribution in [-0.2, 0) is 0 Å². The van der Waals surface area contributed by atoms with Crippen molar-refractivity contribution < 1.29 is 4.74 Å². The van der Waals surface area contributed by atoms with Gasteiger partial charge in [-0.3, -0.25) is 4.79 Å². The van der Waals surface area contributed by atoms with Crippen LogP contribution in [0.4, 0.5) is 0 Å². The summed E-state index contributed by atoms with van der Waals surface area (Å²) < 4.78 is 7.97. The van der Waals surface area contributed by atoms with Gasteiger partial charge in [-0.25, -0.2) is 4.98 Å². The average Bonchev–Trinajstić information content (AvgIpc) is 2.69. The smallest absolute Gasteiger partial charge is 0.282 e. The topological polar surface area (TPSA) is 56.5 Å². The van der Waals surface area contributed by atoms with Gasteiger partial charge in [-0.15, -0.1) is 0 Å². The fourth-order valence-electron chi connectivity index (χ4n) is 2.77. The number of nitrogens with zero attached hydrogens (tertiary/aromatic N) is 3. The SMILES string of the molecule is CC[C@@H](C)Oc1ccc(C=Nn2c(C(C)C)nc3ccc(Br)cc3c2=O)cc1Cl. The quantitative estimate of drug-likeness (QED) is 0.410. The van der Waals surface area contributed by atoms with E-state index in [0.29, 0.717) is 27.5 Å². The highest BCUT2D eigenvalue weighted by Crippen LogP contribution is 2.26. The normalized spacial score (nSPS) is 12.8. The maximum absolute atomic E-state index is 13.0. The molecule has 29 heavy (non-hydrogen) atoms. The molecule has 0 aliphatic heterocycles. The van der Waals surface area contributed by atoms with Gasteiger partial charge in [0.05, 0.1) is 28.2 Å². The third-order valence-corrected chi connectivity index (χ3v) is 5.32. The van der Waals surface area contributed by atoms with Gasteiger partial charge in [-0.05, 0) is 55.3 Å². The summed E-state index contributed by atoms with van der Waals surface area (Å²) in [6, 6.07) is 10.9. The van der Waals surface area contributed by atoms with Gasteiger partial charge in [-0.2, -0.15) is 9.78 Å². The Bertz CT molecular complexity index is 1120. The summed E-state index contributed by atoms with van der Waals surface area (Å²) in [4.78, 5) is 17.7. The van der Waals surface area contributed by atoms with E-state index in [1.165, 1.54) is 4.68 Å². The van der Waals surface area contributed by atoms with Crippen LogP contribution >= 0.6 is 27.5 Å². The number of rotatable bonds is 6. The van der Waals surface area contributed by atoms with E-state index < -0.39 is 0 Å². The summed E-state index contributed by atoms with van der Waals surface area (Å²) in [6.45, 7) is 8.02. The lowest BCUT2D eigenvalue weighted by Gasteiger charge is -2.14. The van der Waals surface area contributed by atoms with E-state index >= 15 is 0 Å². The minimum absolute atomic E-state index is 0.0304. The molecule has 0 saturated heterocycles. The minimum Gasteiger partial charge on any atom is -0.489 e. The molecule has 152 valence electrons. The Hall–Kier alpha value is -2.18. The largest absolute Gasteiger partial charge is 0.489 e. The molecule has 0 aliphatic rings. The summed E-state index contributed by atoms with van der Waals surface area (Å²) in [5.74, 6) is 1.27. The van der Waals surface area contributed by atoms with Gasteiger partial charge in [0, 0.05) is 10.4 Å². The molecule has 1 aromatic heterocycles. The molecule has 3 rings (SSSR count). The van der Waals surface area contributed by atoms with Crippen molar-refractivity contribution in [1.29, 1.82) is 0 Å². The van der Waals surface area contributed by atoms with E-state index in [2.05, 4.69) is 32.9 Å². The van der Waals surface area contributed by atoms with E-state index in [0.717, 1.165) is 16.5 Å². The molecule has 0 amide bonds. The van der Waals surface area contributed by atoms with Crippen molar-refractivity contribution in [3.05, 3.63) is 67.6 Å². The molecule has 2 aromatic carbocycles. The lowest BCUT2D eigenvalue weighted by Crippen LogP contribution is -2.23. The van der Waals surface area contributed by atoms with Crippen molar-refractivity contribution in [3.63, 3.8) is 0 Å². The van der Waals surface area contributed by atoms with E-state index in [1.807, 2.05) is 45.0 Å². The van der Waals surface area contributed by atoms with E-state index in [4.69, 9.17) is 16.3 Å². The van der Waals surface area contributed by atoms with Crippen molar-refractivity contribution in [2.24, 2.45) is 5.10 Å². The number of hydrogen-bond donors (Lipinski definition) is 0.